The largest absolute Gasteiger partial charge is 0.253 e. The summed E-state index contributed by atoms with van der Waals surface area (Å²) in [5.41, 5.74) is 7.00. The highest BCUT2D eigenvalue weighted by Gasteiger charge is 2.04. The predicted molar refractivity (Wildman–Crippen MR) is 94.6 cm³/mol. The maximum atomic E-state index is 13.6. The van der Waals surface area contributed by atoms with Crippen LogP contribution >= 0.6 is 11.3 Å². The number of benzene rings is 2. The minimum atomic E-state index is -0.164. The van der Waals surface area contributed by atoms with Crippen molar-refractivity contribution in [1.82, 2.24) is 4.98 Å². The van der Waals surface area contributed by atoms with Gasteiger partial charge in [-0.15, -0.1) is 11.3 Å². The smallest absolute Gasteiger partial charge is 0.203 e. The van der Waals surface area contributed by atoms with E-state index in [-0.39, 0.29) is 5.82 Å². The molecule has 0 saturated carbocycles. The molecular weight excluding hydrogens is 309 g/mol. The highest BCUT2D eigenvalue weighted by Crippen LogP contribution is 2.24. The molecule has 2 aromatic carbocycles. The Morgan fingerprint density at radius 3 is 2.52 bits per heavy atom. The van der Waals surface area contributed by atoms with Crippen LogP contribution in [0.2, 0.25) is 0 Å². The predicted octanol–water partition coefficient (Wildman–Crippen LogP) is 5.01. The van der Waals surface area contributed by atoms with E-state index in [0.717, 1.165) is 22.0 Å². The topological polar surface area (TPSA) is 37.3 Å². The van der Waals surface area contributed by atoms with E-state index in [1.165, 1.54) is 11.3 Å². The molecule has 0 aliphatic carbocycles. The molecule has 0 bridgehead atoms. The van der Waals surface area contributed by atoms with Crippen molar-refractivity contribution in [2.75, 3.05) is 5.43 Å². The Kier molecular flexibility index (Phi) is 4.48. The van der Waals surface area contributed by atoms with E-state index in [1.807, 2.05) is 35.7 Å². The number of aromatic nitrogens is 1. The van der Waals surface area contributed by atoms with Crippen molar-refractivity contribution in [2.24, 2.45) is 5.10 Å². The number of hydrogen-bond acceptors (Lipinski definition) is 4. The average molecular weight is 325 g/mol. The van der Waals surface area contributed by atoms with Crippen LogP contribution in [0.3, 0.4) is 0 Å². The molecule has 1 aromatic heterocycles. The van der Waals surface area contributed by atoms with Gasteiger partial charge in [-0.3, -0.25) is 5.43 Å². The highest BCUT2D eigenvalue weighted by atomic mass is 32.1. The summed E-state index contributed by atoms with van der Waals surface area (Å²) >= 11 is 1.49. The van der Waals surface area contributed by atoms with Gasteiger partial charge >= 0.3 is 0 Å². The Balaban J connectivity index is 1.70. The lowest BCUT2D eigenvalue weighted by Gasteiger charge is -2.02. The average Bonchev–Trinajstić information content (AvgIpc) is 3.02. The molecule has 0 atom stereocenters. The second-order valence-electron chi connectivity index (χ2n) is 5.24. The molecule has 0 amide bonds. The van der Waals surface area contributed by atoms with E-state index in [2.05, 4.69) is 15.5 Å². The number of halogens is 1. The molecule has 0 spiro atoms. The van der Waals surface area contributed by atoms with E-state index >= 15 is 0 Å². The number of hydrogen-bond donors (Lipinski definition) is 1. The number of anilines is 1. The standard InChI is InChI=1S/C18H16FN3S/c1-12-8-14(9-13(2)17(12)19)10-20-22-18-21-16(11-23-18)15-6-4-3-5-7-15/h3-11H,1-2H3,(H,21,22). The molecule has 1 N–H and O–H groups in total. The summed E-state index contributed by atoms with van der Waals surface area (Å²) in [5.74, 6) is -0.164. The third-order valence-corrected chi connectivity index (χ3v) is 4.15. The van der Waals surface area contributed by atoms with Gasteiger partial charge in [0.05, 0.1) is 11.9 Å². The van der Waals surface area contributed by atoms with Crippen molar-refractivity contribution in [2.45, 2.75) is 13.8 Å². The van der Waals surface area contributed by atoms with Gasteiger partial charge in [0.15, 0.2) is 0 Å². The van der Waals surface area contributed by atoms with E-state index in [4.69, 9.17) is 0 Å². The molecule has 0 aliphatic heterocycles. The van der Waals surface area contributed by atoms with Crippen LogP contribution in [-0.2, 0) is 0 Å². The fourth-order valence-electron chi connectivity index (χ4n) is 2.28. The monoisotopic (exact) mass is 325 g/mol. The van der Waals surface area contributed by atoms with Crippen LogP contribution in [0.25, 0.3) is 11.3 Å². The van der Waals surface area contributed by atoms with Crippen molar-refractivity contribution < 1.29 is 4.39 Å². The summed E-state index contributed by atoms with van der Waals surface area (Å²) in [6.45, 7) is 3.50. The third-order valence-electron chi connectivity index (χ3n) is 3.41. The molecule has 3 aromatic rings. The zero-order chi connectivity index (χ0) is 16.2. The number of hydrazone groups is 1. The SMILES string of the molecule is Cc1cc(C=NNc2nc(-c3ccccc3)cs2)cc(C)c1F. The molecule has 0 radical (unpaired) electrons. The van der Waals surface area contributed by atoms with Gasteiger partial charge in [-0.2, -0.15) is 5.10 Å². The van der Waals surface area contributed by atoms with Crippen LogP contribution < -0.4 is 5.43 Å². The molecule has 1 heterocycles. The summed E-state index contributed by atoms with van der Waals surface area (Å²) in [6.07, 6.45) is 1.67. The Morgan fingerprint density at radius 1 is 1.13 bits per heavy atom. The van der Waals surface area contributed by atoms with Gasteiger partial charge in [-0.1, -0.05) is 30.3 Å². The number of nitrogens with zero attached hydrogens (tertiary/aromatic N) is 2. The summed E-state index contributed by atoms with van der Waals surface area (Å²) in [4.78, 5) is 4.49. The van der Waals surface area contributed by atoms with Gasteiger partial charge in [0.1, 0.15) is 5.82 Å². The minimum Gasteiger partial charge on any atom is -0.253 e. The minimum absolute atomic E-state index is 0.164. The summed E-state index contributed by atoms with van der Waals surface area (Å²) in [6, 6.07) is 13.5. The highest BCUT2D eigenvalue weighted by molar-refractivity contribution is 7.14. The molecule has 0 saturated heterocycles. The van der Waals surface area contributed by atoms with Gasteiger partial charge in [-0.05, 0) is 42.7 Å². The maximum Gasteiger partial charge on any atom is 0.203 e. The lowest BCUT2D eigenvalue weighted by Crippen LogP contribution is -1.94. The van der Waals surface area contributed by atoms with Crippen molar-refractivity contribution in [3.63, 3.8) is 0 Å². The number of nitrogens with one attached hydrogen (secondary N) is 1. The van der Waals surface area contributed by atoms with Gasteiger partial charge in [0.2, 0.25) is 5.13 Å². The van der Waals surface area contributed by atoms with Crippen LogP contribution in [0.4, 0.5) is 9.52 Å². The summed E-state index contributed by atoms with van der Waals surface area (Å²) in [5, 5.41) is 6.88. The van der Waals surface area contributed by atoms with E-state index in [9.17, 15) is 4.39 Å². The van der Waals surface area contributed by atoms with Gasteiger partial charge in [0.25, 0.3) is 0 Å². The van der Waals surface area contributed by atoms with Crippen molar-refractivity contribution in [3.05, 3.63) is 70.4 Å². The summed E-state index contributed by atoms with van der Waals surface area (Å²) < 4.78 is 13.6. The fraction of sp³-hybridized carbons (Fsp3) is 0.111. The quantitative estimate of drug-likeness (QED) is 0.540. The molecular formula is C18H16FN3S. The van der Waals surface area contributed by atoms with Crippen molar-refractivity contribution in [3.8, 4) is 11.3 Å². The molecule has 116 valence electrons. The Bertz CT molecular complexity index is 817. The summed E-state index contributed by atoms with van der Waals surface area (Å²) in [7, 11) is 0. The van der Waals surface area contributed by atoms with Crippen LogP contribution in [0, 0.1) is 19.7 Å². The Hall–Kier alpha value is -2.53. The molecule has 5 heteroatoms. The first-order valence-corrected chi connectivity index (χ1v) is 8.08. The molecule has 0 unspecified atom stereocenters. The number of rotatable bonds is 4. The molecule has 0 fully saturated rings. The van der Waals surface area contributed by atoms with E-state index < -0.39 is 0 Å². The Morgan fingerprint density at radius 2 is 1.83 bits per heavy atom. The lowest BCUT2D eigenvalue weighted by molar-refractivity contribution is 0.609. The zero-order valence-electron chi connectivity index (χ0n) is 12.9. The Labute approximate surface area is 138 Å². The first-order valence-electron chi connectivity index (χ1n) is 7.20. The molecule has 23 heavy (non-hydrogen) atoms. The number of thiazole rings is 1. The number of aryl methyl sites for hydroxylation is 2. The molecule has 0 aliphatic rings. The van der Waals surface area contributed by atoms with E-state index in [0.29, 0.717) is 11.1 Å². The first kappa shape index (κ1) is 15.4. The van der Waals surface area contributed by atoms with Crippen LogP contribution in [0.5, 0.6) is 0 Å². The zero-order valence-corrected chi connectivity index (χ0v) is 13.7. The van der Waals surface area contributed by atoms with Gasteiger partial charge in [-0.25, -0.2) is 9.37 Å². The van der Waals surface area contributed by atoms with Crippen LogP contribution in [-0.4, -0.2) is 11.2 Å². The molecule has 3 rings (SSSR count). The van der Waals surface area contributed by atoms with Crippen molar-refractivity contribution in [1.29, 1.82) is 0 Å². The normalized spacial score (nSPS) is 11.1. The molecule has 3 nitrogen and oxygen atoms in total. The van der Waals surface area contributed by atoms with Gasteiger partial charge in [0, 0.05) is 10.9 Å². The van der Waals surface area contributed by atoms with Crippen molar-refractivity contribution >= 4 is 22.7 Å². The maximum absolute atomic E-state index is 13.6. The van der Waals surface area contributed by atoms with E-state index in [1.54, 1.807) is 32.2 Å². The van der Waals surface area contributed by atoms with Gasteiger partial charge < -0.3 is 0 Å². The first-order chi connectivity index (χ1) is 11.1. The fourth-order valence-corrected chi connectivity index (χ4v) is 2.95. The second kappa shape index (κ2) is 6.71. The third kappa shape index (κ3) is 3.63. The van der Waals surface area contributed by atoms with Crippen LogP contribution in [0.15, 0.2) is 52.9 Å². The second-order valence-corrected chi connectivity index (χ2v) is 6.10. The van der Waals surface area contributed by atoms with Crippen LogP contribution in [0.1, 0.15) is 16.7 Å². The lowest BCUT2D eigenvalue weighted by atomic mass is 10.1.